The van der Waals surface area contributed by atoms with Gasteiger partial charge in [0.15, 0.2) is 11.5 Å². The Morgan fingerprint density at radius 1 is 1.25 bits per heavy atom. The number of carbonyl (C=O) groups excluding carboxylic acids is 1. The number of hydrogen-bond donors (Lipinski definition) is 2. The topological polar surface area (TPSA) is 84.2 Å². The number of benzene rings is 1. The number of amides is 1. The summed E-state index contributed by atoms with van der Waals surface area (Å²) in [5.74, 6) is 2.65. The lowest BCUT2D eigenvalue weighted by Gasteiger charge is -2.32. The number of likely N-dealkylation sites (tertiary alicyclic amines) is 1. The molecule has 2 heterocycles. The molecule has 0 spiro atoms. The molecule has 1 atom stereocenters. The number of carbonyl (C=O) groups is 1. The molecule has 7 heteroatoms. The monoisotopic (exact) mass is 388 g/mol. The number of nitrogens with zero attached hydrogens (tertiary/aromatic N) is 1. The highest BCUT2D eigenvalue weighted by Gasteiger charge is 2.23. The maximum Gasteiger partial charge on any atom is 0.255 e. The molecule has 1 aromatic carbocycles. The summed E-state index contributed by atoms with van der Waals surface area (Å²) in [6.07, 6.45) is 2.16. The van der Waals surface area contributed by atoms with E-state index in [9.17, 15) is 4.79 Å². The van der Waals surface area contributed by atoms with Crippen molar-refractivity contribution in [1.29, 1.82) is 0 Å². The Balaban J connectivity index is 1.55. The van der Waals surface area contributed by atoms with Crippen LogP contribution < -0.4 is 14.8 Å². The van der Waals surface area contributed by atoms with Crippen molar-refractivity contribution in [3.63, 3.8) is 0 Å². The van der Waals surface area contributed by atoms with Crippen LogP contribution in [-0.4, -0.2) is 49.8 Å². The lowest BCUT2D eigenvalue weighted by atomic mass is 9.97. The summed E-state index contributed by atoms with van der Waals surface area (Å²) < 4.78 is 16.2. The average molecular weight is 388 g/mol. The van der Waals surface area contributed by atoms with E-state index in [1.165, 1.54) is 7.11 Å². The Morgan fingerprint density at radius 3 is 2.79 bits per heavy atom. The Morgan fingerprint density at radius 2 is 2.07 bits per heavy atom. The smallest absolute Gasteiger partial charge is 0.255 e. The maximum atomic E-state index is 12.6. The van der Waals surface area contributed by atoms with Gasteiger partial charge in [0.05, 0.1) is 26.3 Å². The van der Waals surface area contributed by atoms with Crippen molar-refractivity contribution in [3.05, 3.63) is 47.4 Å². The second-order valence-electron chi connectivity index (χ2n) is 7.02. The molecule has 7 nitrogen and oxygen atoms in total. The number of aliphatic hydroxyl groups is 1. The molecular weight excluding hydrogens is 360 g/mol. The maximum absolute atomic E-state index is 12.6. The number of methoxy groups -OCH3 is 2. The predicted octanol–water partition coefficient (Wildman–Crippen LogP) is 2.43. The Hall–Kier alpha value is -2.51. The Bertz CT molecular complexity index is 789. The molecule has 3 rings (SSSR count). The second-order valence-corrected chi connectivity index (χ2v) is 7.02. The standard InChI is InChI=1S/C21H28N2O5/c1-26-19-7-3-6-18(20(19)27-2)21(25)22-11-15-5-4-10-23(12-15)13-16-8-9-17(14-24)28-16/h3,6-9,15,24H,4-5,10-14H2,1-2H3,(H,22,25)/t15-/m0/s1. The molecule has 0 radical (unpaired) electrons. The SMILES string of the molecule is COc1cccc(C(=O)NC[C@@H]2CCCN(Cc3ccc(CO)o3)C2)c1OC. The summed E-state index contributed by atoms with van der Waals surface area (Å²) >= 11 is 0. The number of furan rings is 1. The van der Waals surface area contributed by atoms with Gasteiger partial charge in [0.25, 0.3) is 5.91 Å². The zero-order valence-corrected chi connectivity index (χ0v) is 16.4. The number of piperidine rings is 1. The van der Waals surface area contributed by atoms with Gasteiger partial charge >= 0.3 is 0 Å². The molecular formula is C21H28N2O5. The van der Waals surface area contributed by atoms with Crippen molar-refractivity contribution in [3.8, 4) is 11.5 Å². The van der Waals surface area contributed by atoms with Crippen LogP contribution in [0.3, 0.4) is 0 Å². The molecule has 1 aliphatic heterocycles. The van der Waals surface area contributed by atoms with E-state index < -0.39 is 0 Å². The molecule has 28 heavy (non-hydrogen) atoms. The van der Waals surface area contributed by atoms with Crippen LogP contribution in [0.5, 0.6) is 11.5 Å². The van der Waals surface area contributed by atoms with Crippen LogP contribution >= 0.6 is 0 Å². The molecule has 1 saturated heterocycles. The fraction of sp³-hybridized carbons (Fsp3) is 0.476. The highest BCUT2D eigenvalue weighted by atomic mass is 16.5. The van der Waals surface area contributed by atoms with Crippen molar-refractivity contribution in [2.45, 2.75) is 26.0 Å². The highest BCUT2D eigenvalue weighted by molar-refractivity contribution is 5.97. The van der Waals surface area contributed by atoms with E-state index in [1.807, 2.05) is 6.07 Å². The van der Waals surface area contributed by atoms with Crippen molar-refractivity contribution < 1.29 is 23.8 Å². The van der Waals surface area contributed by atoms with Gasteiger partial charge in [-0.1, -0.05) is 6.07 Å². The fourth-order valence-corrected chi connectivity index (χ4v) is 3.67. The van der Waals surface area contributed by atoms with Gasteiger partial charge in [-0.15, -0.1) is 0 Å². The van der Waals surface area contributed by atoms with Gasteiger partial charge in [0.1, 0.15) is 18.1 Å². The first-order valence-electron chi connectivity index (χ1n) is 9.54. The third kappa shape index (κ3) is 4.85. The molecule has 1 aliphatic rings. The van der Waals surface area contributed by atoms with E-state index in [0.717, 1.165) is 31.7 Å². The third-order valence-corrected chi connectivity index (χ3v) is 5.05. The van der Waals surface area contributed by atoms with E-state index in [2.05, 4.69) is 10.2 Å². The lowest BCUT2D eigenvalue weighted by molar-refractivity contribution is 0.0924. The second kappa shape index (κ2) is 9.61. The molecule has 0 saturated carbocycles. The van der Waals surface area contributed by atoms with Gasteiger partial charge in [-0.25, -0.2) is 0 Å². The first-order valence-corrected chi connectivity index (χ1v) is 9.54. The summed E-state index contributed by atoms with van der Waals surface area (Å²) in [5.41, 5.74) is 0.474. The fourth-order valence-electron chi connectivity index (χ4n) is 3.67. The quantitative estimate of drug-likeness (QED) is 0.723. The van der Waals surface area contributed by atoms with Crippen LogP contribution in [-0.2, 0) is 13.2 Å². The molecule has 2 N–H and O–H groups in total. The number of ether oxygens (including phenoxy) is 2. The van der Waals surface area contributed by atoms with Gasteiger partial charge in [0, 0.05) is 13.1 Å². The normalized spacial score (nSPS) is 17.3. The van der Waals surface area contributed by atoms with Crippen LogP contribution in [0.2, 0.25) is 0 Å². The number of para-hydroxylation sites is 1. The molecule has 1 amide bonds. The zero-order chi connectivity index (χ0) is 19.9. The Kier molecular flexibility index (Phi) is 6.95. The summed E-state index contributed by atoms with van der Waals surface area (Å²) in [6, 6.07) is 9.00. The minimum Gasteiger partial charge on any atom is -0.493 e. The van der Waals surface area contributed by atoms with Gasteiger partial charge in [-0.2, -0.15) is 0 Å². The molecule has 0 unspecified atom stereocenters. The summed E-state index contributed by atoms with van der Waals surface area (Å²) in [4.78, 5) is 15.0. The van der Waals surface area contributed by atoms with Crippen molar-refractivity contribution in [2.24, 2.45) is 5.92 Å². The molecule has 152 valence electrons. The summed E-state index contributed by atoms with van der Waals surface area (Å²) in [6.45, 7) is 3.14. The van der Waals surface area contributed by atoms with Crippen molar-refractivity contribution in [2.75, 3.05) is 33.9 Å². The predicted molar refractivity (Wildman–Crippen MR) is 105 cm³/mol. The average Bonchev–Trinajstić information content (AvgIpc) is 3.19. The van der Waals surface area contributed by atoms with E-state index in [4.69, 9.17) is 19.0 Å². The molecule has 2 aromatic rings. The first kappa shape index (κ1) is 20.2. The third-order valence-electron chi connectivity index (χ3n) is 5.05. The van der Waals surface area contributed by atoms with E-state index in [1.54, 1.807) is 31.4 Å². The van der Waals surface area contributed by atoms with Crippen molar-refractivity contribution in [1.82, 2.24) is 10.2 Å². The number of hydrogen-bond acceptors (Lipinski definition) is 6. The number of aliphatic hydroxyl groups excluding tert-OH is 1. The number of rotatable bonds is 8. The van der Waals surface area contributed by atoms with Crippen LogP contribution in [0.1, 0.15) is 34.7 Å². The Labute approximate surface area is 165 Å². The molecule has 1 fully saturated rings. The van der Waals surface area contributed by atoms with Crippen LogP contribution in [0.25, 0.3) is 0 Å². The highest BCUT2D eigenvalue weighted by Crippen LogP contribution is 2.30. The van der Waals surface area contributed by atoms with Gasteiger partial charge in [-0.3, -0.25) is 9.69 Å². The van der Waals surface area contributed by atoms with Crippen LogP contribution in [0.4, 0.5) is 0 Å². The van der Waals surface area contributed by atoms with E-state index >= 15 is 0 Å². The first-order chi connectivity index (χ1) is 13.6. The van der Waals surface area contributed by atoms with Gasteiger partial charge < -0.3 is 24.3 Å². The molecule has 0 bridgehead atoms. The largest absolute Gasteiger partial charge is 0.493 e. The molecule has 1 aromatic heterocycles. The lowest BCUT2D eigenvalue weighted by Crippen LogP contribution is -2.40. The number of nitrogens with one attached hydrogen (secondary N) is 1. The zero-order valence-electron chi connectivity index (χ0n) is 16.4. The van der Waals surface area contributed by atoms with Crippen LogP contribution in [0.15, 0.2) is 34.7 Å². The minimum absolute atomic E-state index is 0.0810. The van der Waals surface area contributed by atoms with E-state index in [-0.39, 0.29) is 12.5 Å². The van der Waals surface area contributed by atoms with Crippen LogP contribution in [0, 0.1) is 5.92 Å². The minimum atomic E-state index is -0.161. The summed E-state index contributed by atoms with van der Waals surface area (Å²) in [7, 11) is 3.09. The summed E-state index contributed by atoms with van der Waals surface area (Å²) in [5, 5.41) is 12.2. The van der Waals surface area contributed by atoms with Gasteiger partial charge in [-0.05, 0) is 49.6 Å². The molecule has 0 aliphatic carbocycles. The van der Waals surface area contributed by atoms with E-state index in [0.29, 0.717) is 41.8 Å². The van der Waals surface area contributed by atoms with Gasteiger partial charge in [0.2, 0.25) is 0 Å². The van der Waals surface area contributed by atoms with Crippen molar-refractivity contribution >= 4 is 5.91 Å².